The Morgan fingerprint density at radius 1 is 1.27 bits per heavy atom. The van der Waals surface area contributed by atoms with Crippen LogP contribution in [-0.4, -0.2) is 11.1 Å². The minimum atomic E-state index is -0.637. The predicted octanol–water partition coefficient (Wildman–Crippen LogP) is 4.72. The smallest absolute Gasteiger partial charge is 0.306 e. The molecule has 1 aromatic carbocycles. The third kappa shape index (κ3) is 4.10. The van der Waals surface area contributed by atoms with E-state index >= 15 is 0 Å². The molecule has 0 heterocycles. The Kier molecular flexibility index (Phi) is 6.00. The van der Waals surface area contributed by atoms with Crippen LogP contribution in [0.5, 0.6) is 0 Å². The van der Waals surface area contributed by atoms with E-state index in [0.717, 1.165) is 32.1 Å². The molecule has 0 bridgehead atoms. The number of nitrogens with zero attached hydrogens (tertiary/aromatic N) is 1. The molecule has 0 amide bonds. The first kappa shape index (κ1) is 16.5. The molecule has 1 atom stereocenters. The van der Waals surface area contributed by atoms with Crippen LogP contribution in [0.15, 0.2) is 24.3 Å². The second kappa shape index (κ2) is 7.98. The molecule has 3 nitrogen and oxygen atoms in total. The van der Waals surface area contributed by atoms with Crippen LogP contribution in [-0.2, 0) is 4.79 Å². The summed E-state index contributed by atoms with van der Waals surface area (Å²) in [4.78, 5) is 11.1. The molecule has 22 heavy (non-hydrogen) atoms. The molecule has 0 saturated heterocycles. The van der Waals surface area contributed by atoms with Crippen LogP contribution >= 0.6 is 0 Å². The summed E-state index contributed by atoms with van der Waals surface area (Å²) in [5.74, 6) is 0.295. The lowest BCUT2D eigenvalue weighted by Gasteiger charge is -2.33. The molecule has 1 N–H and O–H groups in total. The Morgan fingerprint density at radius 2 is 1.91 bits per heavy atom. The van der Waals surface area contributed by atoms with Crippen molar-refractivity contribution >= 4 is 5.97 Å². The summed E-state index contributed by atoms with van der Waals surface area (Å²) in [6.45, 7) is 2.21. The molecule has 118 valence electrons. The number of aliphatic carboxylic acids is 1. The fourth-order valence-corrected chi connectivity index (χ4v) is 3.67. The number of hydrogen-bond acceptors (Lipinski definition) is 2. The number of nitriles is 1. The maximum absolute atomic E-state index is 11.1. The van der Waals surface area contributed by atoms with Crippen molar-refractivity contribution in [1.29, 1.82) is 5.26 Å². The molecular weight excluding hydrogens is 274 g/mol. The van der Waals surface area contributed by atoms with Gasteiger partial charge in [0.25, 0.3) is 0 Å². The second-order valence-corrected chi connectivity index (χ2v) is 6.43. The number of carboxylic acids is 1. The van der Waals surface area contributed by atoms with E-state index in [1.807, 2.05) is 12.1 Å². The van der Waals surface area contributed by atoms with Gasteiger partial charge in [0, 0.05) is 0 Å². The van der Waals surface area contributed by atoms with Gasteiger partial charge in [-0.2, -0.15) is 5.26 Å². The molecule has 0 radical (unpaired) electrons. The molecule has 0 spiro atoms. The van der Waals surface area contributed by atoms with Gasteiger partial charge in [-0.25, -0.2) is 0 Å². The van der Waals surface area contributed by atoms with E-state index in [9.17, 15) is 4.79 Å². The van der Waals surface area contributed by atoms with E-state index in [4.69, 9.17) is 10.4 Å². The van der Waals surface area contributed by atoms with Gasteiger partial charge >= 0.3 is 5.97 Å². The summed E-state index contributed by atoms with van der Waals surface area (Å²) in [6, 6.07) is 10.1. The molecule has 2 rings (SSSR count). The zero-order valence-electron chi connectivity index (χ0n) is 13.3. The van der Waals surface area contributed by atoms with Gasteiger partial charge in [-0.05, 0) is 61.6 Å². The van der Waals surface area contributed by atoms with Crippen LogP contribution in [0.1, 0.15) is 68.9 Å². The predicted molar refractivity (Wildman–Crippen MR) is 86.5 cm³/mol. The third-order valence-corrected chi connectivity index (χ3v) is 5.03. The van der Waals surface area contributed by atoms with Crippen molar-refractivity contribution in [1.82, 2.24) is 0 Å². The van der Waals surface area contributed by atoms with Crippen molar-refractivity contribution in [2.75, 3.05) is 0 Å². The molecular formula is C19H25NO2. The van der Waals surface area contributed by atoms with Gasteiger partial charge in [0.1, 0.15) is 0 Å². The minimum absolute atomic E-state index is 0.149. The highest BCUT2D eigenvalue weighted by atomic mass is 16.4. The molecule has 1 fully saturated rings. The summed E-state index contributed by atoms with van der Waals surface area (Å²) in [6.07, 6.45) is 7.15. The zero-order valence-corrected chi connectivity index (χ0v) is 13.3. The zero-order chi connectivity index (χ0) is 15.9. The first-order chi connectivity index (χ1) is 10.7. The average molecular weight is 299 g/mol. The van der Waals surface area contributed by atoms with E-state index in [0.29, 0.717) is 17.4 Å². The maximum atomic E-state index is 11.1. The summed E-state index contributed by atoms with van der Waals surface area (Å²) >= 11 is 0. The van der Waals surface area contributed by atoms with Gasteiger partial charge in [-0.3, -0.25) is 4.79 Å². The summed E-state index contributed by atoms with van der Waals surface area (Å²) in [5.41, 5.74) is 2.01. The lowest BCUT2D eigenvalue weighted by molar-refractivity contribution is -0.143. The molecule has 3 heteroatoms. The average Bonchev–Trinajstić information content (AvgIpc) is 2.56. The van der Waals surface area contributed by atoms with Crippen LogP contribution in [0, 0.1) is 23.2 Å². The number of benzene rings is 1. The number of hydrogen-bond donors (Lipinski definition) is 1. The van der Waals surface area contributed by atoms with Crippen molar-refractivity contribution in [2.24, 2.45) is 11.8 Å². The van der Waals surface area contributed by atoms with Gasteiger partial charge in [0.15, 0.2) is 0 Å². The van der Waals surface area contributed by atoms with Crippen molar-refractivity contribution in [3.63, 3.8) is 0 Å². The molecule has 0 aromatic heterocycles. The molecule has 1 aromatic rings. The van der Waals surface area contributed by atoms with E-state index < -0.39 is 5.97 Å². The van der Waals surface area contributed by atoms with Gasteiger partial charge in [0.2, 0.25) is 0 Å². The quantitative estimate of drug-likeness (QED) is 0.826. The Bertz CT molecular complexity index is 521. The van der Waals surface area contributed by atoms with Crippen molar-refractivity contribution < 1.29 is 9.90 Å². The van der Waals surface area contributed by atoms with E-state index in [-0.39, 0.29) is 5.92 Å². The van der Waals surface area contributed by atoms with Crippen LogP contribution in [0.4, 0.5) is 0 Å². The Hall–Kier alpha value is -1.82. The highest BCUT2D eigenvalue weighted by Gasteiger charge is 2.30. The Morgan fingerprint density at radius 3 is 2.41 bits per heavy atom. The first-order valence-electron chi connectivity index (χ1n) is 8.38. The molecule has 1 saturated carbocycles. The highest BCUT2D eigenvalue weighted by Crippen LogP contribution is 2.41. The monoisotopic (exact) mass is 299 g/mol. The van der Waals surface area contributed by atoms with Crippen molar-refractivity contribution in [3.8, 4) is 6.07 Å². The highest BCUT2D eigenvalue weighted by molar-refractivity contribution is 5.70. The third-order valence-electron chi connectivity index (χ3n) is 5.03. The van der Waals surface area contributed by atoms with Crippen molar-refractivity contribution in [2.45, 2.75) is 57.8 Å². The lowest BCUT2D eigenvalue weighted by atomic mass is 9.72. The molecule has 1 unspecified atom stereocenters. The first-order valence-corrected chi connectivity index (χ1v) is 8.38. The summed E-state index contributed by atoms with van der Waals surface area (Å²) < 4.78 is 0. The molecule has 1 aliphatic rings. The largest absolute Gasteiger partial charge is 0.481 e. The fourth-order valence-electron chi connectivity index (χ4n) is 3.67. The van der Waals surface area contributed by atoms with E-state index in [2.05, 4.69) is 25.1 Å². The normalized spacial score (nSPS) is 22.7. The van der Waals surface area contributed by atoms with Crippen LogP contribution in [0.2, 0.25) is 0 Å². The van der Waals surface area contributed by atoms with Crippen LogP contribution in [0.3, 0.4) is 0 Å². The summed E-state index contributed by atoms with van der Waals surface area (Å²) in [7, 11) is 0. The minimum Gasteiger partial charge on any atom is -0.481 e. The molecule has 1 aliphatic carbocycles. The number of rotatable bonds is 6. The topological polar surface area (TPSA) is 61.1 Å². The Labute approximate surface area is 133 Å². The fraction of sp³-hybridized carbons (Fsp3) is 0.579. The second-order valence-electron chi connectivity index (χ2n) is 6.43. The summed E-state index contributed by atoms with van der Waals surface area (Å²) in [5, 5.41) is 18.1. The van der Waals surface area contributed by atoms with Crippen molar-refractivity contribution in [3.05, 3.63) is 35.4 Å². The van der Waals surface area contributed by atoms with Gasteiger partial charge in [-0.15, -0.1) is 0 Å². The maximum Gasteiger partial charge on any atom is 0.306 e. The Balaban J connectivity index is 2.09. The molecule has 0 aliphatic heterocycles. The van der Waals surface area contributed by atoms with Gasteiger partial charge < -0.3 is 5.11 Å². The van der Waals surface area contributed by atoms with Crippen LogP contribution < -0.4 is 0 Å². The number of unbranched alkanes of at least 4 members (excludes halogenated alkanes) is 1. The lowest BCUT2D eigenvalue weighted by Crippen LogP contribution is -2.25. The van der Waals surface area contributed by atoms with Crippen LogP contribution in [0.25, 0.3) is 0 Å². The van der Waals surface area contributed by atoms with Gasteiger partial charge in [-0.1, -0.05) is 31.9 Å². The van der Waals surface area contributed by atoms with Gasteiger partial charge in [0.05, 0.1) is 17.6 Å². The number of carbonyl (C=O) groups is 1. The SMILES string of the molecule is CCCCC(c1ccc(C#N)cc1)C1CCC(C(=O)O)CC1. The number of carboxylic acid groups (broad SMARTS) is 1. The standard InChI is InChI=1S/C19H25NO2/c1-2-3-4-18(15-7-5-14(13-20)6-8-15)16-9-11-17(12-10-16)19(21)22/h5-8,16-18H,2-4,9-12H2,1H3,(H,21,22). The van der Waals surface area contributed by atoms with E-state index in [1.54, 1.807) is 0 Å². The van der Waals surface area contributed by atoms with E-state index in [1.165, 1.54) is 18.4 Å².